The number of pyridine rings is 1. The molecule has 0 radical (unpaired) electrons. The van der Waals surface area contributed by atoms with Crippen LogP contribution >= 0.6 is 0 Å². The first-order valence-corrected chi connectivity index (χ1v) is 5.13. The molecular weight excluding hydrogens is 200 g/mol. The largest absolute Gasteiger partial charge is 0.489 e. The summed E-state index contributed by atoms with van der Waals surface area (Å²) in [5, 5.41) is 0. The number of rotatable bonds is 3. The standard InChI is InChI=1S/C13H14N2O/c1-10-7-12(4-5-13(10)14)16-9-11-3-2-6-15-8-11/h2-8H,9,14H2,1H3. The molecule has 2 rings (SSSR count). The lowest BCUT2D eigenvalue weighted by Crippen LogP contribution is -1.97. The van der Waals surface area contributed by atoms with E-state index in [9.17, 15) is 0 Å². The Morgan fingerprint density at radius 3 is 2.88 bits per heavy atom. The van der Waals surface area contributed by atoms with Crippen LogP contribution in [0.4, 0.5) is 5.69 Å². The van der Waals surface area contributed by atoms with Gasteiger partial charge in [-0.25, -0.2) is 0 Å². The maximum absolute atomic E-state index is 5.73. The average Bonchev–Trinajstić information content (AvgIpc) is 2.32. The Bertz CT molecular complexity index is 469. The molecule has 0 spiro atoms. The van der Waals surface area contributed by atoms with Crippen LogP contribution < -0.4 is 10.5 Å². The highest BCUT2D eigenvalue weighted by Gasteiger charge is 1.98. The van der Waals surface area contributed by atoms with Crippen LogP contribution in [0, 0.1) is 6.92 Å². The van der Waals surface area contributed by atoms with Gasteiger partial charge < -0.3 is 10.5 Å². The van der Waals surface area contributed by atoms with Gasteiger partial charge in [0.1, 0.15) is 12.4 Å². The quantitative estimate of drug-likeness (QED) is 0.799. The molecular formula is C13H14N2O. The molecule has 2 aromatic rings. The molecule has 0 saturated carbocycles. The fraction of sp³-hybridized carbons (Fsp3) is 0.154. The van der Waals surface area contributed by atoms with Gasteiger partial charge in [0.15, 0.2) is 0 Å². The van der Waals surface area contributed by atoms with Gasteiger partial charge in [0.25, 0.3) is 0 Å². The van der Waals surface area contributed by atoms with E-state index in [1.54, 1.807) is 12.4 Å². The van der Waals surface area contributed by atoms with E-state index in [1.807, 2.05) is 37.3 Å². The fourth-order valence-electron chi connectivity index (χ4n) is 1.39. The Morgan fingerprint density at radius 2 is 2.19 bits per heavy atom. The van der Waals surface area contributed by atoms with Crippen LogP contribution in [0.25, 0.3) is 0 Å². The highest BCUT2D eigenvalue weighted by Crippen LogP contribution is 2.19. The summed E-state index contributed by atoms with van der Waals surface area (Å²) >= 11 is 0. The second-order valence-corrected chi connectivity index (χ2v) is 3.67. The first-order valence-electron chi connectivity index (χ1n) is 5.13. The van der Waals surface area contributed by atoms with Crippen molar-refractivity contribution in [2.75, 3.05) is 5.73 Å². The van der Waals surface area contributed by atoms with E-state index in [1.165, 1.54) is 0 Å². The molecule has 0 fully saturated rings. The molecule has 0 aliphatic rings. The maximum Gasteiger partial charge on any atom is 0.120 e. The molecule has 82 valence electrons. The number of aryl methyl sites for hydroxylation is 1. The predicted molar refractivity (Wildman–Crippen MR) is 64.2 cm³/mol. The normalized spacial score (nSPS) is 10.1. The number of anilines is 1. The summed E-state index contributed by atoms with van der Waals surface area (Å²) in [4.78, 5) is 4.03. The van der Waals surface area contributed by atoms with Crippen LogP contribution in [0.1, 0.15) is 11.1 Å². The van der Waals surface area contributed by atoms with Crippen molar-refractivity contribution in [2.45, 2.75) is 13.5 Å². The SMILES string of the molecule is Cc1cc(OCc2cccnc2)ccc1N. The lowest BCUT2D eigenvalue weighted by molar-refractivity contribution is 0.305. The van der Waals surface area contributed by atoms with Crippen LogP contribution in [-0.2, 0) is 6.61 Å². The van der Waals surface area contributed by atoms with Crippen LogP contribution in [0.2, 0.25) is 0 Å². The van der Waals surface area contributed by atoms with Gasteiger partial charge in [-0.2, -0.15) is 0 Å². The smallest absolute Gasteiger partial charge is 0.120 e. The Balaban J connectivity index is 2.03. The summed E-state index contributed by atoms with van der Waals surface area (Å²) < 4.78 is 5.63. The van der Waals surface area contributed by atoms with E-state index in [-0.39, 0.29) is 0 Å². The molecule has 3 nitrogen and oxygen atoms in total. The van der Waals surface area contributed by atoms with E-state index in [4.69, 9.17) is 10.5 Å². The van der Waals surface area contributed by atoms with Crippen molar-refractivity contribution in [3.05, 3.63) is 53.9 Å². The van der Waals surface area contributed by atoms with Crippen LogP contribution in [0.3, 0.4) is 0 Å². The number of nitrogen functional groups attached to an aromatic ring is 1. The Labute approximate surface area is 94.9 Å². The molecule has 0 unspecified atom stereocenters. The van der Waals surface area contributed by atoms with Gasteiger partial charge in [-0.3, -0.25) is 4.98 Å². The number of nitrogens with zero attached hydrogens (tertiary/aromatic N) is 1. The first-order chi connectivity index (χ1) is 7.75. The third kappa shape index (κ3) is 2.51. The lowest BCUT2D eigenvalue weighted by Gasteiger charge is -2.07. The van der Waals surface area contributed by atoms with Crippen molar-refractivity contribution in [1.82, 2.24) is 4.98 Å². The summed E-state index contributed by atoms with van der Waals surface area (Å²) in [5.41, 5.74) is 8.60. The van der Waals surface area contributed by atoms with E-state index in [0.29, 0.717) is 6.61 Å². The molecule has 0 atom stereocenters. The number of benzene rings is 1. The van der Waals surface area contributed by atoms with Gasteiger partial charge >= 0.3 is 0 Å². The van der Waals surface area contributed by atoms with Crippen molar-refractivity contribution in [3.8, 4) is 5.75 Å². The van der Waals surface area contributed by atoms with Crippen LogP contribution in [-0.4, -0.2) is 4.98 Å². The third-order valence-electron chi connectivity index (χ3n) is 2.37. The molecule has 1 heterocycles. The van der Waals surface area contributed by atoms with Crippen molar-refractivity contribution in [1.29, 1.82) is 0 Å². The van der Waals surface area contributed by atoms with Crippen LogP contribution in [0.15, 0.2) is 42.7 Å². The monoisotopic (exact) mass is 214 g/mol. The molecule has 0 aliphatic carbocycles. The minimum atomic E-state index is 0.525. The highest BCUT2D eigenvalue weighted by atomic mass is 16.5. The van der Waals surface area contributed by atoms with Gasteiger partial charge in [-0.05, 0) is 36.8 Å². The van der Waals surface area contributed by atoms with Crippen molar-refractivity contribution >= 4 is 5.69 Å². The van der Waals surface area contributed by atoms with E-state index < -0.39 is 0 Å². The van der Waals surface area contributed by atoms with E-state index in [0.717, 1.165) is 22.6 Å². The summed E-state index contributed by atoms with van der Waals surface area (Å²) in [6.07, 6.45) is 3.54. The summed E-state index contributed by atoms with van der Waals surface area (Å²) in [7, 11) is 0. The average molecular weight is 214 g/mol. The summed E-state index contributed by atoms with van der Waals surface area (Å²) in [5.74, 6) is 0.829. The van der Waals surface area contributed by atoms with Gasteiger partial charge in [-0.1, -0.05) is 6.07 Å². The van der Waals surface area contributed by atoms with Gasteiger partial charge in [0.2, 0.25) is 0 Å². The maximum atomic E-state index is 5.73. The molecule has 0 bridgehead atoms. The molecule has 3 heteroatoms. The van der Waals surface area contributed by atoms with Crippen molar-refractivity contribution < 1.29 is 4.74 Å². The molecule has 0 saturated heterocycles. The zero-order chi connectivity index (χ0) is 11.4. The van der Waals surface area contributed by atoms with Crippen molar-refractivity contribution in [3.63, 3.8) is 0 Å². The lowest BCUT2D eigenvalue weighted by atomic mass is 10.2. The Hall–Kier alpha value is -2.03. The minimum absolute atomic E-state index is 0.525. The predicted octanol–water partition coefficient (Wildman–Crippen LogP) is 2.55. The number of aromatic nitrogens is 1. The number of nitrogens with two attached hydrogens (primary N) is 1. The second kappa shape index (κ2) is 4.66. The molecule has 0 aliphatic heterocycles. The summed E-state index contributed by atoms with van der Waals surface area (Å²) in [6.45, 7) is 2.49. The van der Waals surface area contributed by atoms with Crippen molar-refractivity contribution in [2.24, 2.45) is 0 Å². The van der Waals surface area contributed by atoms with Gasteiger partial charge in [0.05, 0.1) is 0 Å². The van der Waals surface area contributed by atoms with Gasteiger partial charge in [-0.15, -0.1) is 0 Å². The van der Waals surface area contributed by atoms with E-state index in [2.05, 4.69) is 4.98 Å². The number of hydrogen-bond acceptors (Lipinski definition) is 3. The van der Waals surface area contributed by atoms with Gasteiger partial charge in [0, 0.05) is 23.6 Å². The third-order valence-corrected chi connectivity index (χ3v) is 2.37. The van der Waals surface area contributed by atoms with E-state index >= 15 is 0 Å². The zero-order valence-corrected chi connectivity index (χ0v) is 9.18. The molecule has 1 aromatic carbocycles. The molecule has 0 amide bonds. The van der Waals surface area contributed by atoms with Crippen LogP contribution in [0.5, 0.6) is 5.75 Å². The number of ether oxygens (including phenoxy) is 1. The Morgan fingerprint density at radius 1 is 1.31 bits per heavy atom. The first kappa shape index (κ1) is 10.5. The Kier molecular flexibility index (Phi) is 3.05. The molecule has 1 aromatic heterocycles. The molecule has 2 N–H and O–H groups in total. The fourth-order valence-corrected chi connectivity index (χ4v) is 1.39. The highest BCUT2D eigenvalue weighted by molar-refractivity contribution is 5.49. The summed E-state index contributed by atoms with van der Waals surface area (Å²) in [6, 6.07) is 9.54. The minimum Gasteiger partial charge on any atom is -0.489 e. The zero-order valence-electron chi connectivity index (χ0n) is 9.18. The second-order valence-electron chi connectivity index (χ2n) is 3.67. The topological polar surface area (TPSA) is 48.1 Å². The number of hydrogen-bond donors (Lipinski definition) is 1. The molecule has 16 heavy (non-hydrogen) atoms.